The molecule has 0 aromatic heterocycles. The fraction of sp³-hybridized carbons (Fsp3) is 0.250. The Labute approximate surface area is 98.7 Å². The van der Waals surface area contributed by atoms with Crippen molar-refractivity contribution in [2.24, 2.45) is 43.7 Å². The van der Waals surface area contributed by atoms with Crippen molar-refractivity contribution >= 4 is 42.7 Å². The summed E-state index contributed by atoms with van der Waals surface area (Å²) >= 11 is 0. The predicted octanol–water partition coefficient (Wildman–Crippen LogP) is -1.32. The Hall–Kier alpha value is -1.61. The maximum absolute atomic E-state index is 5.00. The molecule has 0 atom stereocenters. The lowest BCUT2D eigenvalue weighted by Gasteiger charge is -1.81. The molecule has 15 heavy (non-hydrogen) atoms. The average Bonchev–Trinajstić information content (AvgIpc) is 2.00. The zero-order chi connectivity index (χ0) is 10.3. The van der Waals surface area contributed by atoms with Gasteiger partial charge in [-0.2, -0.15) is 5.10 Å². The summed E-state index contributed by atoms with van der Waals surface area (Å²) < 4.78 is 0. The van der Waals surface area contributed by atoms with Crippen LogP contribution >= 0.6 is 24.8 Å². The van der Waals surface area contributed by atoms with E-state index < -0.39 is 0 Å². The van der Waals surface area contributed by atoms with E-state index in [2.05, 4.69) is 20.5 Å². The van der Waals surface area contributed by atoms with Crippen molar-refractivity contribution in [3.63, 3.8) is 0 Å². The summed E-state index contributed by atoms with van der Waals surface area (Å²) in [6.07, 6.45) is 1.30. The van der Waals surface area contributed by atoms with Gasteiger partial charge >= 0.3 is 0 Å². The third-order valence-electron chi connectivity index (χ3n) is 0.724. The Bertz CT molecular complexity index is 272. The van der Waals surface area contributed by atoms with Gasteiger partial charge in [0, 0.05) is 11.8 Å². The van der Waals surface area contributed by atoms with Crippen molar-refractivity contribution < 1.29 is 4.92 Å². The van der Waals surface area contributed by atoms with Crippen LogP contribution in [0.5, 0.6) is 0 Å². The van der Waals surface area contributed by atoms with Gasteiger partial charge < -0.3 is 11.5 Å². The summed E-state index contributed by atoms with van der Waals surface area (Å²) in [5, 5.41) is 13.6. The molecule has 0 radical (unpaired) electrons. The van der Waals surface area contributed by atoms with Crippen LogP contribution in [0.4, 0.5) is 0 Å². The lowest BCUT2D eigenvalue weighted by molar-refractivity contribution is -0.618. The second-order valence-corrected chi connectivity index (χ2v) is 1.98. The van der Waals surface area contributed by atoms with Crippen LogP contribution < -0.4 is 23.2 Å². The maximum Gasteiger partial charge on any atom is 0.211 e. The van der Waals surface area contributed by atoms with Gasteiger partial charge in [-0.25, -0.2) is 11.7 Å². The number of hydrogen-bond donors (Lipinski definition) is 4. The molecule has 0 unspecified atom stereocenters. The van der Waals surface area contributed by atoms with Gasteiger partial charge in [-0.05, 0) is 0 Å². The Balaban J connectivity index is -0.000000720. The quantitative estimate of drug-likeness (QED) is 0.124. The van der Waals surface area contributed by atoms with Gasteiger partial charge in [0.2, 0.25) is 5.96 Å². The first-order valence-electron chi connectivity index (χ1n) is 3.19. The van der Waals surface area contributed by atoms with Crippen LogP contribution in [0.25, 0.3) is 0 Å². The minimum Gasteiger partial charge on any atom is -0.369 e. The number of guanidine groups is 1. The van der Waals surface area contributed by atoms with Crippen molar-refractivity contribution in [3.8, 4) is 0 Å². The molecule has 8 N–H and O–H groups in total. The van der Waals surface area contributed by atoms with Gasteiger partial charge in [0.15, 0.2) is 10.9 Å². The smallest absolute Gasteiger partial charge is 0.211 e. The number of nitrogens with two attached hydrogens (primary N) is 4. The highest BCUT2D eigenvalue weighted by molar-refractivity contribution is 6.29. The third kappa shape index (κ3) is 15.2. The standard InChI is InChI=1S/C4H11N9.2ClH/c1-3(10-12-13(7)8)2-9-11-4(5)6;;/h2H,7-8H2,1H3,(H3,5,6);2*1H/p+1. The van der Waals surface area contributed by atoms with Crippen LogP contribution in [0.2, 0.25) is 0 Å². The van der Waals surface area contributed by atoms with Gasteiger partial charge in [0.1, 0.15) is 0 Å². The van der Waals surface area contributed by atoms with Crippen LogP contribution in [-0.4, -0.2) is 22.8 Å². The van der Waals surface area contributed by atoms with Crippen LogP contribution in [0.15, 0.2) is 20.5 Å². The van der Waals surface area contributed by atoms with Gasteiger partial charge in [-0.15, -0.1) is 29.9 Å². The molecule has 0 rings (SSSR count). The second-order valence-electron chi connectivity index (χ2n) is 1.98. The highest BCUT2D eigenvalue weighted by atomic mass is 35.5. The summed E-state index contributed by atoms with van der Waals surface area (Å²) in [6, 6.07) is 0. The lowest BCUT2D eigenvalue weighted by Crippen LogP contribution is -2.24. The average molecular weight is 259 g/mol. The third-order valence-corrected chi connectivity index (χ3v) is 0.724. The lowest BCUT2D eigenvalue weighted by atomic mass is 10.5. The fourth-order valence-corrected chi connectivity index (χ4v) is 0.327. The summed E-state index contributed by atoms with van der Waals surface area (Å²) in [5.41, 5.74) is 10.5. The van der Waals surface area contributed by atoms with Crippen LogP contribution in [-0.2, 0) is 0 Å². The highest BCUT2D eigenvalue weighted by Gasteiger charge is 1.92. The Kier molecular flexibility index (Phi) is 13.3. The number of halogens is 2. The van der Waals surface area contributed by atoms with Crippen molar-refractivity contribution in [2.75, 3.05) is 0 Å². The molecule has 0 heterocycles. The van der Waals surface area contributed by atoms with E-state index in [0.717, 1.165) is 0 Å². The van der Waals surface area contributed by atoms with E-state index >= 15 is 0 Å². The normalized spacial score (nSPS) is 9.80. The van der Waals surface area contributed by atoms with E-state index in [9.17, 15) is 0 Å². The first-order chi connectivity index (χ1) is 6.02. The van der Waals surface area contributed by atoms with Crippen molar-refractivity contribution in [1.29, 1.82) is 0 Å². The molecule has 9 nitrogen and oxygen atoms in total. The molecule has 0 amide bonds. The SMILES string of the molecule is CC(C=NN=C(N)N)=NN=[N+](N)N.Cl.Cl. The van der Waals surface area contributed by atoms with Crippen LogP contribution in [0, 0.1) is 0 Å². The molecule has 0 saturated carbocycles. The molecule has 0 saturated heterocycles. The Morgan fingerprint density at radius 2 is 1.67 bits per heavy atom. The predicted molar refractivity (Wildman–Crippen MR) is 63.0 cm³/mol. The molecule has 0 aliphatic rings. The topological polar surface area (TPSA) is 157 Å². The van der Waals surface area contributed by atoms with Crippen molar-refractivity contribution in [2.45, 2.75) is 6.92 Å². The highest BCUT2D eigenvalue weighted by Crippen LogP contribution is 1.76. The van der Waals surface area contributed by atoms with Crippen LogP contribution in [0.1, 0.15) is 6.92 Å². The summed E-state index contributed by atoms with van der Waals surface area (Å²) in [7, 11) is 0. The minimum absolute atomic E-state index is 0. The number of rotatable bonds is 3. The molecule has 0 aromatic carbocycles. The second kappa shape index (κ2) is 10.5. The molecule has 0 aliphatic heterocycles. The summed E-state index contributed by atoms with van der Waals surface area (Å²) in [6.45, 7) is 1.62. The summed E-state index contributed by atoms with van der Waals surface area (Å²) in [4.78, 5) is 0.567. The van der Waals surface area contributed by atoms with Crippen molar-refractivity contribution in [3.05, 3.63) is 0 Å². The van der Waals surface area contributed by atoms with Gasteiger partial charge in [0.25, 0.3) is 0 Å². The number of hydrogen-bond acceptors (Lipinski definition) is 3. The molecule has 88 valence electrons. The largest absolute Gasteiger partial charge is 0.369 e. The van der Waals surface area contributed by atoms with Crippen molar-refractivity contribution in [1.82, 2.24) is 0 Å². The molecular formula is C4H14Cl2N9+. The Morgan fingerprint density at radius 1 is 1.13 bits per heavy atom. The Morgan fingerprint density at radius 3 is 2.07 bits per heavy atom. The van der Waals surface area contributed by atoms with Gasteiger partial charge in [0.05, 0.1) is 11.3 Å². The molecule has 11 heteroatoms. The molecule has 0 fully saturated rings. The first kappa shape index (κ1) is 19.0. The summed E-state index contributed by atoms with van der Waals surface area (Å²) in [5.74, 6) is 9.75. The van der Waals surface area contributed by atoms with E-state index in [1.807, 2.05) is 0 Å². The fourth-order valence-electron chi connectivity index (χ4n) is 0.327. The minimum atomic E-state index is -0.139. The zero-order valence-electron chi connectivity index (χ0n) is 7.94. The number of hydrazine groups is 2. The van der Waals surface area contributed by atoms with Crippen LogP contribution in [0.3, 0.4) is 0 Å². The molecule has 0 aliphatic carbocycles. The van der Waals surface area contributed by atoms with Gasteiger partial charge in [-0.3, -0.25) is 0 Å². The van der Waals surface area contributed by atoms with E-state index in [1.165, 1.54) is 6.21 Å². The van der Waals surface area contributed by atoms with E-state index in [1.54, 1.807) is 6.92 Å². The first-order valence-corrected chi connectivity index (χ1v) is 3.19. The van der Waals surface area contributed by atoms with E-state index in [-0.39, 0.29) is 30.8 Å². The van der Waals surface area contributed by atoms with E-state index in [4.69, 9.17) is 23.2 Å². The molecule has 0 aromatic rings. The zero-order valence-corrected chi connectivity index (χ0v) is 9.57. The monoisotopic (exact) mass is 258 g/mol. The van der Waals surface area contributed by atoms with E-state index in [0.29, 0.717) is 10.6 Å². The number of nitrogens with zero attached hydrogens (tertiary/aromatic N) is 5. The maximum atomic E-state index is 5.00. The molecular weight excluding hydrogens is 245 g/mol. The molecule has 0 spiro atoms. The van der Waals surface area contributed by atoms with Gasteiger partial charge in [-0.1, -0.05) is 0 Å². The molecule has 0 bridgehead atoms.